The highest BCUT2D eigenvalue weighted by Gasteiger charge is 2.23. The van der Waals surface area contributed by atoms with E-state index in [1.165, 1.54) is 37.8 Å². The van der Waals surface area contributed by atoms with E-state index >= 15 is 0 Å². The second-order valence-corrected chi connectivity index (χ2v) is 4.53. The van der Waals surface area contributed by atoms with Crippen LogP contribution in [0.4, 0.5) is 0 Å². The van der Waals surface area contributed by atoms with E-state index in [9.17, 15) is 0 Å². The van der Waals surface area contributed by atoms with Gasteiger partial charge in [0, 0.05) is 13.0 Å². The predicted octanol–water partition coefficient (Wildman–Crippen LogP) is 2.06. The third-order valence-corrected chi connectivity index (χ3v) is 3.31. The summed E-state index contributed by atoms with van der Waals surface area (Å²) in [6.45, 7) is 0.595. The van der Waals surface area contributed by atoms with E-state index in [1.807, 2.05) is 0 Å². The zero-order valence-corrected chi connectivity index (χ0v) is 8.74. The Balaban J connectivity index is 1.75. The molecule has 0 aromatic carbocycles. The summed E-state index contributed by atoms with van der Waals surface area (Å²) in [6, 6.07) is 0. The molecule has 0 radical (unpaired) electrons. The van der Waals surface area contributed by atoms with Gasteiger partial charge in [-0.1, -0.05) is 37.3 Å². The van der Waals surface area contributed by atoms with Gasteiger partial charge in [-0.15, -0.1) is 0 Å². The maximum Gasteiger partial charge on any atom is 0.145 e. The fourth-order valence-corrected chi connectivity index (χ4v) is 2.46. The molecule has 1 unspecified atom stereocenters. The van der Waals surface area contributed by atoms with Crippen molar-refractivity contribution in [3.8, 4) is 0 Å². The number of nitrogens with two attached hydrogens (primary N) is 1. The number of oxime groups is 1. The summed E-state index contributed by atoms with van der Waals surface area (Å²) in [6.07, 6.45) is 9.26. The van der Waals surface area contributed by atoms with E-state index in [2.05, 4.69) is 5.16 Å². The van der Waals surface area contributed by atoms with Crippen LogP contribution in [0.25, 0.3) is 0 Å². The fraction of sp³-hybridized carbons (Fsp3) is 0.909. The SMILES string of the molecule is NCC1CC(CC2CCCCC2)=NO1. The second kappa shape index (κ2) is 4.78. The molecule has 1 saturated carbocycles. The summed E-state index contributed by atoms with van der Waals surface area (Å²) in [4.78, 5) is 5.22. The van der Waals surface area contributed by atoms with Crippen LogP contribution in [0.15, 0.2) is 5.16 Å². The van der Waals surface area contributed by atoms with Crippen molar-refractivity contribution in [3.63, 3.8) is 0 Å². The molecule has 1 fully saturated rings. The minimum atomic E-state index is 0.161. The first kappa shape index (κ1) is 9.97. The molecular formula is C11H20N2O. The van der Waals surface area contributed by atoms with Gasteiger partial charge < -0.3 is 10.6 Å². The zero-order chi connectivity index (χ0) is 9.80. The van der Waals surface area contributed by atoms with Gasteiger partial charge in [0.15, 0.2) is 0 Å². The lowest BCUT2D eigenvalue weighted by Crippen LogP contribution is -2.20. The minimum absolute atomic E-state index is 0.161. The molecule has 0 bridgehead atoms. The van der Waals surface area contributed by atoms with Crippen molar-refractivity contribution in [1.82, 2.24) is 0 Å². The Morgan fingerprint density at radius 2 is 2.07 bits per heavy atom. The molecular weight excluding hydrogens is 176 g/mol. The van der Waals surface area contributed by atoms with Gasteiger partial charge >= 0.3 is 0 Å². The fourth-order valence-electron chi connectivity index (χ4n) is 2.46. The highest BCUT2D eigenvalue weighted by atomic mass is 16.6. The van der Waals surface area contributed by atoms with Crippen LogP contribution < -0.4 is 5.73 Å². The van der Waals surface area contributed by atoms with Crippen molar-refractivity contribution >= 4 is 5.71 Å². The van der Waals surface area contributed by atoms with Gasteiger partial charge in [0.25, 0.3) is 0 Å². The third-order valence-electron chi connectivity index (χ3n) is 3.31. The van der Waals surface area contributed by atoms with Crippen molar-refractivity contribution in [2.75, 3.05) is 6.54 Å². The van der Waals surface area contributed by atoms with Gasteiger partial charge in [-0.2, -0.15) is 0 Å². The molecule has 0 aromatic rings. The summed E-state index contributed by atoms with van der Waals surface area (Å²) in [5.41, 5.74) is 6.77. The monoisotopic (exact) mass is 196 g/mol. The van der Waals surface area contributed by atoms with Crippen molar-refractivity contribution in [3.05, 3.63) is 0 Å². The van der Waals surface area contributed by atoms with Crippen LogP contribution in [0, 0.1) is 5.92 Å². The van der Waals surface area contributed by atoms with E-state index in [4.69, 9.17) is 10.6 Å². The molecule has 80 valence electrons. The maximum atomic E-state index is 5.53. The summed E-state index contributed by atoms with van der Waals surface area (Å²) >= 11 is 0. The van der Waals surface area contributed by atoms with Crippen LogP contribution in [0.1, 0.15) is 44.9 Å². The quantitative estimate of drug-likeness (QED) is 0.751. The van der Waals surface area contributed by atoms with E-state index in [0.29, 0.717) is 6.54 Å². The van der Waals surface area contributed by atoms with Crippen molar-refractivity contribution in [1.29, 1.82) is 0 Å². The first-order valence-corrected chi connectivity index (χ1v) is 5.80. The van der Waals surface area contributed by atoms with E-state index in [-0.39, 0.29) is 6.10 Å². The lowest BCUT2D eigenvalue weighted by molar-refractivity contribution is 0.0918. The van der Waals surface area contributed by atoms with E-state index < -0.39 is 0 Å². The molecule has 3 nitrogen and oxygen atoms in total. The van der Waals surface area contributed by atoms with Gasteiger partial charge in [0.1, 0.15) is 6.10 Å². The average Bonchev–Trinajstić information content (AvgIpc) is 2.67. The van der Waals surface area contributed by atoms with Gasteiger partial charge in [-0.05, 0) is 12.3 Å². The van der Waals surface area contributed by atoms with Crippen LogP contribution in [-0.4, -0.2) is 18.4 Å². The van der Waals surface area contributed by atoms with Crippen molar-refractivity contribution < 1.29 is 4.84 Å². The van der Waals surface area contributed by atoms with Gasteiger partial charge in [-0.3, -0.25) is 0 Å². The number of hydrogen-bond acceptors (Lipinski definition) is 3. The molecule has 2 N–H and O–H groups in total. The topological polar surface area (TPSA) is 47.6 Å². The number of rotatable bonds is 3. The van der Waals surface area contributed by atoms with Crippen LogP contribution >= 0.6 is 0 Å². The Kier molecular flexibility index (Phi) is 3.40. The van der Waals surface area contributed by atoms with Gasteiger partial charge in [-0.25, -0.2) is 0 Å². The highest BCUT2D eigenvalue weighted by molar-refractivity contribution is 5.85. The van der Waals surface area contributed by atoms with Crippen LogP contribution in [0.3, 0.4) is 0 Å². The number of nitrogens with zero attached hydrogens (tertiary/aromatic N) is 1. The highest BCUT2D eigenvalue weighted by Crippen LogP contribution is 2.28. The maximum absolute atomic E-state index is 5.53. The molecule has 1 heterocycles. The summed E-state index contributed by atoms with van der Waals surface area (Å²) in [5.74, 6) is 0.864. The normalized spacial score (nSPS) is 28.6. The molecule has 3 heteroatoms. The molecule has 1 atom stereocenters. The first-order valence-electron chi connectivity index (χ1n) is 5.80. The molecule has 14 heavy (non-hydrogen) atoms. The van der Waals surface area contributed by atoms with Gasteiger partial charge in [0.2, 0.25) is 0 Å². The Labute approximate surface area is 85.7 Å². The Hall–Kier alpha value is -0.570. The van der Waals surface area contributed by atoms with Crippen LogP contribution in [-0.2, 0) is 4.84 Å². The smallest absolute Gasteiger partial charge is 0.145 e. The molecule has 1 aliphatic carbocycles. The Morgan fingerprint density at radius 1 is 1.29 bits per heavy atom. The van der Waals surface area contributed by atoms with E-state index in [0.717, 1.165) is 18.8 Å². The molecule has 2 aliphatic rings. The second-order valence-electron chi connectivity index (χ2n) is 4.53. The first-order chi connectivity index (χ1) is 6.88. The molecule has 0 amide bonds. The molecule has 0 saturated heterocycles. The molecule has 2 rings (SSSR count). The minimum Gasteiger partial charge on any atom is -0.391 e. The van der Waals surface area contributed by atoms with Gasteiger partial charge in [0.05, 0.1) is 5.71 Å². The lowest BCUT2D eigenvalue weighted by Gasteiger charge is -2.20. The van der Waals surface area contributed by atoms with Crippen molar-refractivity contribution in [2.45, 2.75) is 51.0 Å². The Morgan fingerprint density at radius 3 is 2.71 bits per heavy atom. The summed E-state index contributed by atoms with van der Waals surface area (Å²) in [5, 5.41) is 4.12. The molecule has 0 aromatic heterocycles. The number of hydrogen-bond donors (Lipinski definition) is 1. The van der Waals surface area contributed by atoms with Crippen LogP contribution in [0.5, 0.6) is 0 Å². The predicted molar refractivity (Wildman–Crippen MR) is 57.2 cm³/mol. The third kappa shape index (κ3) is 2.47. The average molecular weight is 196 g/mol. The zero-order valence-electron chi connectivity index (χ0n) is 8.74. The molecule has 1 aliphatic heterocycles. The van der Waals surface area contributed by atoms with E-state index in [1.54, 1.807) is 0 Å². The lowest BCUT2D eigenvalue weighted by atomic mass is 9.85. The Bertz CT molecular complexity index is 209. The largest absolute Gasteiger partial charge is 0.391 e. The van der Waals surface area contributed by atoms with Crippen molar-refractivity contribution in [2.24, 2.45) is 16.8 Å². The van der Waals surface area contributed by atoms with Crippen LogP contribution in [0.2, 0.25) is 0 Å². The standard InChI is InChI=1S/C11H20N2O/c12-8-11-7-10(13-14-11)6-9-4-2-1-3-5-9/h9,11H,1-8,12H2. The summed E-state index contributed by atoms with van der Waals surface area (Å²) in [7, 11) is 0. The molecule has 0 spiro atoms. The summed E-state index contributed by atoms with van der Waals surface area (Å²) < 4.78 is 0.